The third-order valence-corrected chi connectivity index (χ3v) is 5.93. The molecule has 0 saturated heterocycles. The van der Waals surface area contributed by atoms with Gasteiger partial charge in [-0.15, -0.1) is 0 Å². The van der Waals surface area contributed by atoms with Crippen molar-refractivity contribution >= 4 is 22.2 Å². The first-order chi connectivity index (χ1) is 16.0. The van der Waals surface area contributed by atoms with E-state index in [0.29, 0.717) is 11.3 Å². The van der Waals surface area contributed by atoms with Gasteiger partial charge in [0.25, 0.3) is 0 Å². The zero-order valence-electron chi connectivity index (χ0n) is 18.6. The van der Waals surface area contributed by atoms with Crippen molar-refractivity contribution in [2.75, 3.05) is 5.32 Å². The standard InChI is InChI=1S/C25H21F4N3OS/c1-24(2,3)16-11-7-8-12-18(16)33-19-14-13-17(22(26)31-19)30-23-32-21(25(27,28)29)20(34-23)15-9-5-4-6-10-15/h4-14H,1-3H3,(H,30,32). The SMILES string of the molecule is CC(C)(C)c1ccccc1Oc1ccc(Nc2nc(C(F)(F)F)c(-c3ccccc3)s2)c(F)n1. The van der Waals surface area contributed by atoms with Crippen molar-refractivity contribution in [3.8, 4) is 22.1 Å². The van der Waals surface area contributed by atoms with Gasteiger partial charge >= 0.3 is 6.18 Å². The maximum absolute atomic E-state index is 14.7. The van der Waals surface area contributed by atoms with Crippen molar-refractivity contribution in [3.05, 3.63) is 83.9 Å². The predicted molar refractivity (Wildman–Crippen MR) is 125 cm³/mol. The number of halogens is 4. The van der Waals surface area contributed by atoms with Gasteiger partial charge in [-0.05, 0) is 23.1 Å². The van der Waals surface area contributed by atoms with Crippen molar-refractivity contribution in [3.63, 3.8) is 0 Å². The summed E-state index contributed by atoms with van der Waals surface area (Å²) in [4.78, 5) is 7.45. The van der Waals surface area contributed by atoms with E-state index in [1.807, 2.05) is 39.0 Å². The van der Waals surface area contributed by atoms with Crippen LogP contribution in [0.5, 0.6) is 11.6 Å². The van der Waals surface area contributed by atoms with E-state index in [0.717, 1.165) is 16.9 Å². The maximum atomic E-state index is 14.7. The summed E-state index contributed by atoms with van der Waals surface area (Å²) in [7, 11) is 0. The third kappa shape index (κ3) is 5.20. The molecule has 0 saturated carbocycles. The van der Waals surface area contributed by atoms with Crippen LogP contribution in [0.2, 0.25) is 0 Å². The average Bonchev–Trinajstić information content (AvgIpc) is 3.21. The van der Waals surface area contributed by atoms with Gasteiger partial charge in [-0.2, -0.15) is 22.5 Å². The lowest BCUT2D eigenvalue weighted by Crippen LogP contribution is -2.12. The number of para-hydroxylation sites is 1. The predicted octanol–water partition coefficient (Wildman–Crippen LogP) is 8.20. The molecule has 176 valence electrons. The van der Waals surface area contributed by atoms with Gasteiger partial charge in [0.15, 0.2) is 10.8 Å². The molecule has 0 bridgehead atoms. The Bertz CT molecular complexity index is 1300. The van der Waals surface area contributed by atoms with Crippen LogP contribution in [0.1, 0.15) is 32.0 Å². The van der Waals surface area contributed by atoms with E-state index in [-0.39, 0.29) is 27.0 Å². The van der Waals surface area contributed by atoms with Gasteiger partial charge < -0.3 is 10.1 Å². The van der Waals surface area contributed by atoms with Crippen molar-refractivity contribution in [1.82, 2.24) is 9.97 Å². The number of hydrogen-bond acceptors (Lipinski definition) is 5. The zero-order chi connectivity index (χ0) is 24.5. The monoisotopic (exact) mass is 487 g/mol. The molecule has 0 atom stereocenters. The van der Waals surface area contributed by atoms with E-state index >= 15 is 0 Å². The van der Waals surface area contributed by atoms with Crippen molar-refractivity contribution < 1.29 is 22.3 Å². The first-order valence-corrected chi connectivity index (χ1v) is 11.2. The number of hydrogen-bond donors (Lipinski definition) is 1. The van der Waals surface area contributed by atoms with Crippen LogP contribution in [0.4, 0.5) is 28.4 Å². The fourth-order valence-corrected chi connectivity index (χ4v) is 4.32. The molecular weight excluding hydrogens is 466 g/mol. The van der Waals surface area contributed by atoms with Crippen LogP contribution in [0.3, 0.4) is 0 Å². The fraction of sp³-hybridized carbons (Fsp3) is 0.200. The summed E-state index contributed by atoms with van der Waals surface area (Å²) in [5.74, 6) is -0.347. The summed E-state index contributed by atoms with van der Waals surface area (Å²) in [6.07, 6.45) is -4.66. The molecule has 0 unspecified atom stereocenters. The molecule has 34 heavy (non-hydrogen) atoms. The van der Waals surface area contributed by atoms with Gasteiger partial charge in [0.05, 0.1) is 10.6 Å². The molecule has 0 fully saturated rings. The molecule has 0 radical (unpaired) electrons. The molecule has 2 aromatic heterocycles. The largest absolute Gasteiger partial charge is 0.439 e. The second-order valence-electron chi connectivity index (χ2n) is 8.52. The van der Waals surface area contributed by atoms with E-state index in [2.05, 4.69) is 15.3 Å². The lowest BCUT2D eigenvalue weighted by molar-refractivity contribution is -0.140. The van der Waals surface area contributed by atoms with Gasteiger partial charge in [0.2, 0.25) is 11.8 Å². The Labute approximate surface area is 198 Å². The summed E-state index contributed by atoms with van der Waals surface area (Å²) >= 11 is 0.787. The number of alkyl halides is 3. The summed E-state index contributed by atoms with van der Waals surface area (Å²) < 4.78 is 61.2. The minimum Gasteiger partial charge on any atom is -0.439 e. The lowest BCUT2D eigenvalue weighted by Gasteiger charge is -2.22. The third-order valence-electron chi connectivity index (χ3n) is 4.91. The number of nitrogens with one attached hydrogen (secondary N) is 1. The van der Waals surface area contributed by atoms with Crippen LogP contribution in [-0.2, 0) is 11.6 Å². The smallest absolute Gasteiger partial charge is 0.434 e. The van der Waals surface area contributed by atoms with Crippen LogP contribution in [-0.4, -0.2) is 9.97 Å². The Morgan fingerprint density at radius 3 is 2.18 bits per heavy atom. The molecule has 4 aromatic rings. The van der Waals surface area contributed by atoms with Crippen LogP contribution in [0.25, 0.3) is 10.4 Å². The summed E-state index contributed by atoms with van der Waals surface area (Å²) in [5, 5.41) is 2.52. The highest BCUT2D eigenvalue weighted by molar-refractivity contribution is 7.19. The number of aromatic nitrogens is 2. The van der Waals surface area contributed by atoms with Crippen molar-refractivity contribution in [2.45, 2.75) is 32.4 Å². The molecule has 9 heteroatoms. The van der Waals surface area contributed by atoms with E-state index in [4.69, 9.17) is 4.74 Å². The van der Waals surface area contributed by atoms with Gasteiger partial charge in [-0.3, -0.25) is 0 Å². The number of anilines is 2. The van der Waals surface area contributed by atoms with Gasteiger partial charge in [0.1, 0.15) is 5.75 Å². The summed E-state index contributed by atoms with van der Waals surface area (Å²) in [5.41, 5.74) is -0.0406. The first kappa shape index (κ1) is 23.7. The number of rotatable bonds is 5. The topological polar surface area (TPSA) is 47.0 Å². The summed E-state index contributed by atoms with van der Waals surface area (Å²) in [6, 6.07) is 18.3. The second-order valence-corrected chi connectivity index (χ2v) is 9.52. The molecule has 0 spiro atoms. The molecular formula is C25H21F4N3OS. The Morgan fingerprint density at radius 1 is 0.853 bits per heavy atom. The number of thiazole rings is 1. The highest BCUT2D eigenvalue weighted by Gasteiger charge is 2.38. The normalized spacial score (nSPS) is 12.0. The summed E-state index contributed by atoms with van der Waals surface area (Å²) in [6.45, 7) is 6.09. The Morgan fingerprint density at radius 2 is 1.53 bits per heavy atom. The van der Waals surface area contributed by atoms with Crippen molar-refractivity contribution in [1.29, 1.82) is 0 Å². The van der Waals surface area contributed by atoms with Crippen LogP contribution < -0.4 is 10.1 Å². The van der Waals surface area contributed by atoms with E-state index in [1.54, 1.807) is 36.4 Å². The fourth-order valence-electron chi connectivity index (χ4n) is 3.32. The van der Waals surface area contributed by atoms with E-state index in [9.17, 15) is 17.6 Å². The lowest BCUT2D eigenvalue weighted by atomic mass is 9.86. The van der Waals surface area contributed by atoms with Crippen LogP contribution >= 0.6 is 11.3 Å². The zero-order valence-corrected chi connectivity index (χ0v) is 19.4. The number of benzene rings is 2. The highest BCUT2D eigenvalue weighted by atomic mass is 32.1. The van der Waals surface area contributed by atoms with Gasteiger partial charge in [-0.1, -0.05) is 80.6 Å². The number of nitrogens with zero attached hydrogens (tertiary/aromatic N) is 2. The Hall–Kier alpha value is -3.46. The quantitative estimate of drug-likeness (QED) is 0.228. The number of pyridine rings is 1. The van der Waals surface area contributed by atoms with Crippen molar-refractivity contribution in [2.24, 2.45) is 0 Å². The van der Waals surface area contributed by atoms with Crippen LogP contribution in [0, 0.1) is 5.95 Å². The molecule has 4 rings (SSSR count). The molecule has 2 aromatic carbocycles. The Kier molecular flexibility index (Phi) is 6.31. The molecule has 1 N–H and O–H groups in total. The second kappa shape index (κ2) is 9.06. The highest BCUT2D eigenvalue weighted by Crippen LogP contribution is 2.42. The molecule has 0 aliphatic carbocycles. The van der Waals surface area contributed by atoms with Crippen LogP contribution in [0.15, 0.2) is 66.7 Å². The number of ether oxygens (including phenoxy) is 1. The Balaban J connectivity index is 1.60. The molecule has 0 aliphatic rings. The van der Waals surface area contributed by atoms with Gasteiger partial charge in [-0.25, -0.2) is 4.98 Å². The minimum atomic E-state index is -4.66. The molecule has 4 nitrogen and oxygen atoms in total. The first-order valence-electron chi connectivity index (χ1n) is 10.4. The van der Waals surface area contributed by atoms with E-state index < -0.39 is 17.8 Å². The minimum absolute atomic E-state index is 0.0276. The van der Waals surface area contributed by atoms with Gasteiger partial charge in [0, 0.05) is 11.6 Å². The average molecular weight is 488 g/mol. The molecule has 0 amide bonds. The molecule has 2 heterocycles. The molecule has 0 aliphatic heterocycles. The van der Waals surface area contributed by atoms with E-state index in [1.165, 1.54) is 12.1 Å². The maximum Gasteiger partial charge on any atom is 0.434 e.